The van der Waals surface area contributed by atoms with Crippen LogP contribution in [0.15, 0.2) is 4.79 Å². The maximum atomic E-state index is 13.2. The Kier molecular flexibility index (Phi) is 4.86. The molecule has 1 aliphatic heterocycles. The Labute approximate surface area is 158 Å². The first-order valence-corrected chi connectivity index (χ1v) is 10.7. The first-order valence-electron chi connectivity index (χ1n) is 9.92. The predicted octanol–water partition coefficient (Wildman–Crippen LogP) is 3.76. The van der Waals surface area contributed by atoms with Crippen molar-refractivity contribution in [2.24, 2.45) is 5.92 Å². The minimum Gasteiger partial charge on any atom is -0.338 e. The van der Waals surface area contributed by atoms with Gasteiger partial charge < -0.3 is 4.90 Å². The van der Waals surface area contributed by atoms with Gasteiger partial charge in [-0.1, -0.05) is 13.3 Å². The fraction of sp³-hybridized carbons (Fsp3) is 0.650. The summed E-state index contributed by atoms with van der Waals surface area (Å²) in [5.41, 5.74) is 0.868. The smallest absolute Gasteiger partial charge is 0.264 e. The van der Waals surface area contributed by atoms with Crippen molar-refractivity contribution >= 4 is 27.5 Å². The first-order chi connectivity index (χ1) is 12.6. The lowest BCUT2D eigenvalue weighted by molar-refractivity contribution is 0.0752. The maximum absolute atomic E-state index is 13.2. The number of amides is 1. The molecule has 2 aromatic rings. The van der Waals surface area contributed by atoms with E-state index in [1.165, 1.54) is 24.2 Å². The van der Waals surface area contributed by atoms with Gasteiger partial charge in [0.15, 0.2) is 0 Å². The molecule has 0 bridgehead atoms. The molecule has 4 rings (SSSR count). The quantitative estimate of drug-likeness (QED) is 0.802. The number of carbonyl (C=O) groups is 1. The van der Waals surface area contributed by atoms with Gasteiger partial charge in [-0.2, -0.15) is 0 Å². The van der Waals surface area contributed by atoms with Gasteiger partial charge in [0.2, 0.25) is 0 Å². The summed E-state index contributed by atoms with van der Waals surface area (Å²) in [5, 5.41) is 0.659. The van der Waals surface area contributed by atoms with E-state index in [9.17, 15) is 9.59 Å². The Hall–Kier alpha value is -1.69. The normalized spacial score (nSPS) is 17.2. The molecule has 0 aromatic carbocycles. The molecule has 1 amide bonds. The number of thiophene rings is 1. The van der Waals surface area contributed by atoms with Crippen LogP contribution in [0.25, 0.3) is 10.2 Å². The van der Waals surface area contributed by atoms with Gasteiger partial charge in [-0.15, -0.1) is 11.3 Å². The van der Waals surface area contributed by atoms with Gasteiger partial charge in [-0.3, -0.25) is 14.2 Å². The summed E-state index contributed by atoms with van der Waals surface area (Å²) in [6, 6.07) is 0. The molecule has 1 saturated carbocycles. The zero-order valence-corrected chi connectivity index (χ0v) is 16.5. The van der Waals surface area contributed by atoms with Crippen molar-refractivity contribution in [1.29, 1.82) is 0 Å². The highest BCUT2D eigenvalue weighted by Gasteiger charge is 2.29. The molecule has 2 aromatic heterocycles. The summed E-state index contributed by atoms with van der Waals surface area (Å²) in [4.78, 5) is 34.5. The first kappa shape index (κ1) is 17.7. The van der Waals surface area contributed by atoms with Crippen molar-refractivity contribution in [3.63, 3.8) is 0 Å². The second kappa shape index (κ2) is 7.14. The Morgan fingerprint density at radius 3 is 2.85 bits per heavy atom. The molecule has 1 aliphatic carbocycles. The predicted molar refractivity (Wildman–Crippen MR) is 105 cm³/mol. The minimum atomic E-state index is 0.0453. The van der Waals surface area contributed by atoms with E-state index in [2.05, 4.69) is 6.92 Å². The van der Waals surface area contributed by atoms with E-state index in [1.54, 1.807) is 0 Å². The SMILES string of the molecule is CCCN(CC1CC1)C(=O)c1sc2nc3n(c(=O)c2c1C)CCCCC3. The zero-order chi connectivity index (χ0) is 18.3. The van der Waals surface area contributed by atoms with Gasteiger partial charge in [-0.05, 0) is 50.5 Å². The average Bonchev–Trinajstić information content (AvgIpc) is 3.40. The molecule has 0 atom stereocenters. The minimum absolute atomic E-state index is 0.0453. The topological polar surface area (TPSA) is 55.2 Å². The number of carbonyl (C=O) groups excluding carboxylic acids is 1. The third kappa shape index (κ3) is 3.20. The van der Waals surface area contributed by atoms with Crippen LogP contribution in [0.5, 0.6) is 0 Å². The largest absolute Gasteiger partial charge is 0.338 e. The lowest BCUT2D eigenvalue weighted by Gasteiger charge is -2.21. The maximum Gasteiger partial charge on any atom is 0.264 e. The van der Waals surface area contributed by atoms with Crippen LogP contribution in [-0.2, 0) is 13.0 Å². The Balaban J connectivity index is 1.76. The third-order valence-electron chi connectivity index (χ3n) is 5.56. The molecule has 0 saturated heterocycles. The van der Waals surface area contributed by atoms with E-state index < -0.39 is 0 Å². The fourth-order valence-corrected chi connectivity index (χ4v) is 5.07. The summed E-state index contributed by atoms with van der Waals surface area (Å²) in [6.45, 7) is 6.41. The van der Waals surface area contributed by atoms with E-state index in [0.29, 0.717) is 16.2 Å². The molecule has 0 radical (unpaired) electrons. The number of aromatic nitrogens is 2. The van der Waals surface area contributed by atoms with Crippen molar-refractivity contribution in [3.8, 4) is 0 Å². The molecule has 5 nitrogen and oxygen atoms in total. The van der Waals surface area contributed by atoms with Gasteiger partial charge in [0.05, 0.1) is 10.3 Å². The van der Waals surface area contributed by atoms with Crippen molar-refractivity contribution in [2.75, 3.05) is 13.1 Å². The summed E-state index contributed by atoms with van der Waals surface area (Å²) in [5.74, 6) is 1.64. The molecule has 6 heteroatoms. The molecule has 2 aliphatic rings. The number of rotatable bonds is 5. The van der Waals surface area contributed by atoms with Crippen LogP contribution in [-0.4, -0.2) is 33.4 Å². The van der Waals surface area contributed by atoms with Gasteiger partial charge in [0.1, 0.15) is 10.7 Å². The highest BCUT2D eigenvalue weighted by molar-refractivity contribution is 7.20. The molecule has 3 heterocycles. The van der Waals surface area contributed by atoms with Crippen LogP contribution in [0.3, 0.4) is 0 Å². The zero-order valence-electron chi connectivity index (χ0n) is 15.7. The van der Waals surface area contributed by atoms with E-state index in [-0.39, 0.29) is 11.5 Å². The molecule has 0 spiro atoms. The van der Waals surface area contributed by atoms with E-state index in [1.807, 2.05) is 16.4 Å². The molecule has 26 heavy (non-hydrogen) atoms. The lowest BCUT2D eigenvalue weighted by Crippen LogP contribution is -2.33. The van der Waals surface area contributed by atoms with Crippen molar-refractivity contribution in [2.45, 2.75) is 65.3 Å². The summed E-state index contributed by atoms with van der Waals surface area (Å²) >= 11 is 1.41. The fourth-order valence-electron chi connectivity index (χ4n) is 3.92. The van der Waals surface area contributed by atoms with Crippen LogP contribution >= 0.6 is 11.3 Å². The molecule has 140 valence electrons. The van der Waals surface area contributed by atoms with Gasteiger partial charge in [0.25, 0.3) is 11.5 Å². The Morgan fingerprint density at radius 1 is 1.31 bits per heavy atom. The van der Waals surface area contributed by atoms with Crippen molar-refractivity contribution < 1.29 is 4.79 Å². The summed E-state index contributed by atoms with van der Waals surface area (Å²) < 4.78 is 1.84. The Bertz CT molecular complexity index is 895. The van der Waals surface area contributed by atoms with Crippen molar-refractivity contribution in [3.05, 3.63) is 26.6 Å². The van der Waals surface area contributed by atoms with Crippen LogP contribution in [0, 0.1) is 12.8 Å². The van der Waals surface area contributed by atoms with E-state index in [0.717, 1.165) is 68.0 Å². The molecular formula is C20H27N3O2S. The summed E-state index contributed by atoms with van der Waals surface area (Å²) in [7, 11) is 0. The number of hydrogen-bond acceptors (Lipinski definition) is 4. The molecule has 0 unspecified atom stereocenters. The second-order valence-electron chi connectivity index (χ2n) is 7.73. The molecular weight excluding hydrogens is 346 g/mol. The standard InChI is InChI=1S/C20H27N3O2S/c1-3-10-22(12-14-8-9-14)20(25)17-13(2)16-18(26-17)21-15-7-5-4-6-11-23(15)19(16)24/h14H,3-12H2,1-2H3. The van der Waals surface area contributed by atoms with Gasteiger partial charge in [-0.25, -0.2) is 4.98 Å². The third-order valence-corrected chi connectivity index (χ3v) is 6.74. The highest BCUT2D eigenvalue weighted by atomic mass is 32.1. The lowest BCUT2D eigenvalue weighted by atomic mass is 10.2. The average molecular weight is 374 g/mol. The molecule has 0 N–H and O–H groups in total. The number of aryl methyl sites for hydroxylation is 2. The van der Waals surface area contributed by atoms with E-state index >= 15 is 0 Å². The number of nitrogens with zero attached hydrogens (tertiary/aromatic N) is 3. The van der Waals surface area contributed by atoms with Crippen LogP contribution in [0.4, 0.5) is 0 Å². The molecule has 1 fully saturated rings. The summed E-state index contributed by atoms with van der Waals surface area (Å²) in [6.07, 6.45) is 7.53. The van der Waals surface area contributed by atoms with Crippen LogP contribution in [0.1, 0.15) is 66.5 Å². The van der Waals surface area contributed by atoms with Crippen molar-refractivity contribution in [1.82, 2.24) is 14.5 Å². The Morgan fingerprint density at radius 2 is 2.12 bits per heavy atom. The van der Waals surface area contributed by atoms with Crippen LogP contribution < -0.4 is 5.56 Å². The van der Waals surface area contributed by atoms with Gasteiger partial charge >= 0.3 is 0 Å². The van der Waals surface area contributed by atoms with Crippen LogP contribution in [0.2, 0.25) is 0 Å². The number of fused-ring (bicyclic) bond motifs is 2. The second-order valence-corrected chi connectivity index (χ2v) is 8.73. The monoisotopic (exact) mass is 373 g/mol. The highest BCUT2D eigenvalue weighted by Crippen LogP contribution is 2.33. The van der Waals surface area contributed by atoms with Gasteiger partial charge in [0, 0.05) is 26.1 Å². The number of hydrogen-bond donors (Lipinski definition) is 0. The van der Waals surface area contributed by atoms with E-state index in [4.69, 9.17) is 4.98 Å².